The average Bonchev–Trinajstić information content (AvgIpc) is 2.85. The molecule has 1 aliphatic heterocycles. The van der Waals surface area contributed by atoms with Crippen LogP contribution in [0.3, 0.4) is 0 Å². The number of hydrogen-bond acceptors (Lipinski definition) is 5. The van der Waals surface area contributed by atoms with E-state index in [2.05, 4.69) is 11.0 Å². The number of thioether (sulfide) groups is 1. The van der Waals surface area contributed by atoms with Crippen LogP contribution in [0, 0.1) is 0 Å². The molecule has 2 heterocycles. The van der Waals surface area contributed by atoms with Crippen molar-refractivity contribution in [3.63, 3.8) is 0 Å². The van der Waals surface area contributed by atoms with E-state index >= 15 is 0 Å². The highest BCUT2D eigenvalue weighted by Gasteiger charge is 2.16. The Morgan fingerprint density at radius 2 is 2.17 bits per heavy atom. The van der Waals surface area contributed by atoms with Gasteiger partial charge in [0.25, 0.3) is 0 Å². The van der Waals surface area contributed by atoms with E-state index in [9.17, 15) is 0 Å². The topological polar surface area (TPSA) is 25.4 Å². The summed E-state index contributed by atoms with van der Waals surface area (Å²) in [5.41, 5.74) is 1.01. The van der Waals surface area contributed by atoms with Gasteiger partial charge in [-0.3, -0.25) is 0 Å². The molecule has 0 unspecified atom stereocenters. The maximum absolute atomic E-state index is 5.64. The molecule has 18 heavy (non-hydrogen) atoms. The van der Waals surface area contributed by atoms with Gasteiger partial charge in [-0.2, -0.15) is 11.8 Å². The minimum absolute atomic E-state index is 0.687. The predicted octanol–water partition coefficient (Wildman–Crippen LogP) is 3.25. The summed E-state index contributed by atoms with van der Waals surface area (Å²) in [6, 6.07) is 6.17. The lowest BCUT2D eigenvalue weighted by atomic mass is 10.3. The number of para-hydroxylation sites is 1. The summed E-state index contributed by atoms with van der Waals surface area (Å²) < 4.78 is 6.86. The monoisotopic (exact) mass is 280 g/mol. The molecule has 1 aliphatic rings. The van der Waals surface area contributed by atoms with Crippen LogP contribution in [0.25, 0.3) is 10.2 Å². The average molecular weight is 280 g/mol. The van der Waals surface area contributed by atoms with Gasteiger partial charge in [-0.05, 0) is 19.1 Å². The number of aromatic nitrogens is 1. The molecular weight excluding hydrogens is 264 g/mol. The molecule has 2 aromatic rings. The van der Waals surface area contributed by atoms with Crippen molar-refractivity contribution >= 4 is 38.4 Å². The molecule has 1 saturated heterocycles. The van der Waals surface area contributed by atoms with Gasteiger partial charge in [0.1, 0.15) is 11.3 Å². The lowest BCUT2D eigenvalue weighted by Gasteiger charge is -2.25. The molecule has 1 aromatic carbocycles. The zero-order chi connectivity index (χ0) is 12.4. The first-order valence-corrected chi connectivity index (χ1v) is 8.20. The summed E-state index contributed by atoms with van der Waals surface area (Å²) in [6.45, 7) is 4.91. The number of ether oxygens (including phenoxy) is 1. The number of hydrogen-bond donors (Lipinski definition) is 0. The smallest absolute Gasteiger partial charge is 0.186 e. The zero-order valence-electron chi connectivity index (χ0n) is 10.4. The van der Waals surface area contributed by atoms with Crippen LogP contribution in [-0.4, -0.2) is 36.2 Å². The van der Waals surface area contributed by atoms with Crippen LogP contribution >= 0.6 is 23.1 Å². The van der Waals surface area contributed by atoms with Crippen LogP contribution in [-0.2, 0) is 0 Å². The Morgan fingerprint density at radius 1 is 1.33 bits per heavy atom. The summed E-state index contributed by atoms with van der Waals surface area (Å²) in [5, 5.41) is 1.14. The second-order valence-electron chi connectivity index (χ2n) is 4.13. The third kappa shape index (κ3) is 2.29. The molecular formula is C13H16N2OS2. The lowest BCUT2D eigenvalue weighted by molar-refractivity contribution is 0.344. The highest BCUT2D eigenvalue weighted by molar-refractivity contribution is 7.99. The van der Waals surface area contributed by atoms with E-state index in [0.29, 0.717) is 6.61 Å². The van der Waals surface area contributed by atoms with Crippen molar-refractivity contribution in [3.05, 3.63) is 18.2 Å². The van der Waals surface area contributed by atoms with Gasteiger partial charge in [0.15, 0.2) is 5.13 Å². The summed E-state index contributed by atoms with van der Waals surface area (Å²) in [6.07, 6.45) is 0. The van der Waals surface area contributed by atoms with Gasteiger partial charge < -0.3 is 9.64 Å². The van der Waals surface area contributed by atoms with E-state index in [1.165, 1.54) is 16.2 Å². The molecule has 0 saturated carbocycles. The Kier molecular flexibility index (Phi) is 3.61. The third-order valence-corrected chi connectivity index (χ3v) is 4.98. The summed E-state index contributed by atoms with van der Waals surface area (Å²) >= 11 is 3.79. The van der Waals surface area contributed by atoms with Gasteiger partial charge in [-0.25, -0.2) is 4.98 Å². The van der Waals surface area contributed by atoms with Gasteiger partial charge in [0.05, 0.1) is 11.3 Å². The van der Waals surface area contributed by atoms with Gasteiger partial charge in [0.2, 0.25) is 0 Å². The van der Waals surface area contributed by atoms with Crippen molar-refractivity contribution in [1.82, 2.24) is 4.98 Å². The highest BCUT2D eigenvalue weighted by Crippen LogP contribution is 2.34. The molecule has 0 spiro atoms. The molecule has 0 N–H and O–H groups in total. The molecule has 3 nitrogen and oxygen atoms in total. The van der Waals surface area contributed by atoms with Crippen molar-refractivity contribution < 1.29 is 4.74 Å². The lowest BCUT2D eigenvalue weighted by Crippen LogP contribution is -2.32. The Bertz CT molecular complexity index is 535. The number of nitrogens with zero attached hydrogens (tertiary/aromatic N) is 2. The maximum Gasteiger partial charge on any atom is 0.186 e. The molecule has 0 amide bonds. The fourth-order valence-electron chi connectivity index (χ4n) is 2.07. The minimum atomic E-state index is 0.687. The fourth-order valence-corrected chi connectivity index (χ4v) is 4.01. The van der Waals surface area contributed by atoms with Crippen molar-refractivity contribution in [2.45, 2.75) is 6.92 Å². The van der Waals surface area contributed by atoms with Crippen LogP contribution in [0.15, 0.2) is 18.2 Å². The fraction of sp³-hybridized carbons (Fsp3) is 0.462. The molecule has 0 bridgehead atoms. The van der Waals surface area contributed by atoms with Crippen LogP contribution in [0.5, 0.6) is 5.75 Å². The normalized spacial score (nSPS) is 16.2. The SMILES string of the molecule is CCOc1cccc2sc(N3CCSCC3)nc12. The quantitative estimate of drug-likeness (QED) is 0.862. The van der Waals surface area contributed by atoms with E-state index in [4.69, 9.17) is 9.72 Å². The van der Waals surface area contributed by atoms with E-state index in [1.807, 2.05) is 30.8 Å². The number of rotatable bonds is 3. The van der Waals surface area contributed by atoms with Crippen LogP contribution in [0.2, 0.25) is 0 Å². The van der Waals surface area contributed by atoms with Crippen molar-refractivity contribution in [2.75, 3.05) is 36.1 Å². The van der Waals surface area contributed by atoms with Crippen molar-refractivity contribution in [1.29, 1.82) is 0 Å². The molecule has 96 valence electrons. The van der Waals surface area contributed by atoms with E-state index in [1.54, 1.807) is 11.3 Å². The number of thiazole rings is 1. The van der Waals surface area contributed by atoms with Crippen LogP contribution in [0.1, 0.15) is 6.92 Å². The Balaban J connectivity index is 1.96. The first-order valence-electron chi connectivity index (χ1n) is 6.23. The predicted molar refractivity (Wildman–Crippen MR) is 80.3 cm³/mol. The van der Waals surface area contributed by atoms with Gasteiger partial charge in [0, 0.05) is 24.6 Å². The highest BCUT2D eigenvalue weighted by atomic mass is 32.2. The van der Waals surface area contributed by atoms with E-state index in [0.717, 1.165) is 29.5 Å². The summed E-state index contributed by atoms with van der Waals surface area (Å²) in [7, 11) is 0. The van der Waals surface area contributed by atoms with Crippen molar-refractivity contribution in [2.24, 2.45) is 0 Å². The number of anilines is 1. The molecule has 0 atom stereocenters. The Hall–Kier alpha value is -0.940. The molecule has 1 fully saturated rings. The van der Waals surface area contributed by atoms with Gasteiger partial charge in [-0.1, -0.05) is 17.4 Å². The van der Waals surface area contributed by atoms with Crippen molar-refractivity contribution in [3.8, 4) is 5.75 Å². The molecule has 5 heteroatoms. The molecule has 0 radical (unpaired) electrons. The van der Waals surface area contributed by atoms with Crippen LogP contribution < -0.4 is 9.64 Å². The van der Waals surface area contributed by atoms with Crippen LogP contribution in [0.4, 0.5) is 5.13 Å². The van der Waals surface area contributed by atoms with E-state index < -0.39 is 0 Å². The number of fused-ring (bicyclic) bond motifs is 1. The zero-order valence-corrected chi connectivity index (χ0v) is 12.0. The Morgan fingerprint density at radius 3 is 2.94 bits per heavy atom. The van der Waals surface area contributed by atoms with Gasteiger partial charge >= 0.3 is 0 Å². The third-order valence-electron chi connectivity index (χ3n) is 2.95. The Labute approximate surface area is 115 Å². The largest absolute Gasteiger partial charge is 0.492 e. The second kappa shape index (κ2) is 5.36. The standard InChI is InChI=1S/C13H16N2OS2/c1-2-16-10-4-3-5-11-12(10)14-13(18-11)15-6-8-17-9-7-15/h3-5H,2,6-9H2,1H3. The first kappa shape index (κ1) is 12.1. The number of benzene rings is 1. The molecule has 3 rings (SSSR count). The molecule has 1 aromatic heterocycles. The minimum Gasteiger partial charge on any atom is -0.492 e. The van der Waals surface area contributed by atoms with E-state index in [-0.39, 0.29) is 0 Å². The summed E-state index contributed by atoms with van der Waals surface area (Å²) in [4.78, 5) is 7.15. The maximum atomic E-state index is 5.64. The molecule has 0 aliphatic carbocycles. The second-order valence-corrected chi connectivity index (χ2v) is 6.37. The summed E-state index contributed by atoms with van der Waals surface area (Å²) in [5.74, 6) is 3.31. The van der Waals surface area contributed by atoms with Gasteiger partial charge in [-0.15, -0.1) is 0 Å². The first-order chi connectivity index (χ1) is 8.88.